The van der Waals surface area contributed by atoms with Crippen molar-refractivity contribution in [2.75, 3.05) is 39.6 Å². The van der Waals surface area contributed by atoms with Gasteiger partial charge in [0, 0.05) is 25.7 Å². The molecular weight excluding hydrogens is 1090 g/mol. The molecule has 486 valence electrons. The first kappa shape index (κ1) is 80.1. The van der Waals surface area contributed by atoms with Crippen LogP contribution in [0.2, 0.25) is 0 Å². The molecule has 0 aromatic heterocycles. The summed E-state index contributed by atoms with van der Waals surface area (Å²) in [6.07, 6.45) is 43.3. The molecular formula is C63H122O17P2. The summed E-state index contributed by atoms with van der Waals surface area (Å²) in [6, 6.07) is 0. The minimum absolute atomic E-state index is 0.104. The molecule has 2 unspecified atom stereocenters. The Kier molecular flexibility index (Phi) is 56.7. The van der Waals surface area contributed by atoms with Crippen LogP contribution < -0.4 is 0 Å². The van der Waals surface area contributed by atoms with Crippen molar-refractivity contribution in [2.45, 2.75) is 341 Å². The van der Waals surface area contributed by atoms with E-state index in [1.165, 1.54) is 128 Å². The van der Waals surface area contributed by atoms with Crippen LogP contribution in [0, 0.1) is 0 Å². The van der Waals surface area contributed by atoms with Crippen molar-refractivity contribution in [3.63, 3.8) is 0 Å². The topological polar surface area (TPSA) is 237 Å². The van der Waals surface area contributed by atoms with E-state index in [9.17, 15) is 43.2 Å². The number of hydrogen-bond donors (Lipinski definition) is 3. The van der Waals surface area contributed by atoms with Crippen molar-refractivity contribution in [3.05, 3.63) is 0 Å². The lowest BCUT2D eigenvalue weighted by molar-refractivity contribution is -0.161. The lowest BCUT2D eigenvalue weighted by Gasteiger charge is -2.21. The Morgan fingerprint density at radius 2 is 0.488 bits per heavy atom. The highest BCUT2D eigenvalue weighted by molar-refractivity contribution is 7.47. The van der Waals surface area contributed by atoms with Crippen molar-refractivity contribution in [2.24, 2.45) is 0 Å². The van der Waals surface area contributed by atoms with E-state index in [1.807, 2.05) is 0 Å². The van der Waals surface area contributed by atoms with Gasteiger partial charge in [-0.05, 0) is 25.7 Å². The summed E-state index contributed by atoms with van der Waals surface area (Å²) in [4.78, 5) is 71.9. The lowest BCUT2D eigenvalue weighted by atomic mass is 10.0. The van der Waals surface area contributed by atoms with Crippen LogP contribution in [-0.4, -0.2) is 96.7 Å². The molecule has 0 spiro atoms. The summed E-state index contributed by atoms with van der Waals surface area (Å²) >= 11 is 0. The summed E-state index contributed by atoms with van der Waals surface area (Å²) in [5, 5.41) is 10.5. The number of carbonyl (C=O) groups is 4. The van der Waals surface area contributed by atoms with Gasteiger partial charge in [0.25, 0.3) is 0 Å². The molecule has 17 nitrogen and oxygen atoms in total. The predicted octanol–water partition coefficient (Wildman–Crippen LogP) is 17.5. The van der Waals surface area contributed by atoms with Gasteiger partial charge >= 0.3 is 39.5 Å². The lowest BCUT2D eigenvalue weighted by Crippen LogP contribution is -2.30. The number of phosphoric acid groups is 2. The number of unbranched alkanes of at least 4 members (excludes halogenated alkanes) is 38. The molecule has 0 radical (unpaired) electrons. The number of carbonyl (C=O) groups excluding carboxylic acids is 4. The van der Waals surface area contributed by atoms with Crippen LogP contribution in [-0.2, 0) is 65.4 Å². The van der Waals surface area contributed by atoms with Crippen molar-refractivity contribution >= 4 is 39.5 Å². The largest absolute Gasteiger partial charge is 0.472 e. The van der Waals surface area contributed by atoms with Crippen LogP contribution in [0.5, 0.6) is 0 Å². The number of esters is 4. The molecule has 0 aromatic rings. The maximum absolute atomic E-state index is 13.0. The second kappa shape index (κ2) is 58.1. The number of aliphatic hydroxyl groups is 1. The van der Waals surface area contributed by atoms with Gasteiger partial charge in [0.1, 0.15) is 19.3 Å². The number of rotatable bonds is 64. The first-order valence-corrected chi connectivity index (χ1v) is 36.3. The van der Waals surface area contributed by atoms with Crippen molar-refractivity contribution in [1.82, 2.24) is 0 Å². The number of ether oxygens (including phenoxy) is 4. The summed E-state index contributed by atoms with van der Waals surface area (Å²) in [5.41, 5.74) is 0. The van der Waals surface area contributed by atoms with Gasteiger partial charge in [-0.2, -0.15) is 0 Å². The Morgan fingerprint density at radius 1 is 0.293 bits per heavy atom. The van der Waals surface area contributed by atoms with E-state index in [4.69, 9.17) is 37.0 Å². The van der Waals surface area contributed by atoms with Gasteiger partial charge in [-0.15, -0.1) is 0 Å². The van der Waals surface area contributed by atoms with Crippen molar-refractivity contribution in [1.29, 1.82) is 0 Å². The highest BCUT2D eigenvalue weighted by atomic mass is 31.2. The minimum Gasteiger partial charge on any atom is -0.462 e. The molecule has 0 aliphatic heterocycles. The van der Waals surface area contributed by atoms with E-state index in [2.05, 4.69) is 27.7 Å². The average molecular weight is 1210 g/mol. The highest BCUT2D eigenvalue weighted by Gasteiger charge is 2.30. The molecule has 0 heterocycles. The number of hydrogen-bond acceptors (Lipinski definition) is 15. The molecule has 0 amide bonds. The van der Waals surface area contributed by atoms with Gasteiger partial charge in [0.05, 0.1) is 26.4 Å². The van der Waals surface area contributed by atoms with Crippen LogP contribution in [0.15, 0.2) is 0 Å². The van der Waals surface area contributed by atoms with Gasteiger partial charge in [0.2, 0.25) is 0 Å². The Bertz CT molecular complexity index is 1590. The molecule has 0 saturated carbocycles. The highest BCUT2D eigenvalue weighted by Crippen LogP contribution is 2.45. The molecule has 0 saturated heterocycles. The van der Waals surface area contributed by atoms with Gasteiger partial charge in [-0.1, -0.05) is 272 Å². The molecule has 0 bridgehead atoms. The molecule has 5 atom stereocenters. The Hall–Kier alpha value is -1.94. The van der Waals surface area contributed by atoms with Gasteiger partial charge in [-0.25, -0.2) is 9.13 Å². The van der Waals surface area contributed by atoms with E-state index in [0.717, 1.165) is 116 Å². The third-order valence-corrected chi connectivity index (χ3v) is 16.5. The van der Waals surface area contributed by atoms with E-state index >= 15 is 0 Å². The van der Waals surface area contributed by atoms with Crippen LogP contribution in [0.25, 0.3) is 0 Å². The maximum Gasteiger partial charge on any atom is 0.472 e. The minimum atomic E-state index is -4.94. The maximum atomic E-state index is 13.0. The van der Waals surface area contributed by atoms with Crippen molar-refractivity contribution < 1.29 is 80.2 Å². The Balaban J connectivity index is 5.16. The van der Waals surface area contributed by atoms with Crippen LogP contribution in [0.3, 0.4) is 0 Å². The summed E-state index contributed by atoms with van der Waals surface area (Å²) in [6.45, 7) is 4.81. The molecule has 0 aromatic carbocycles. The molecule has 3 N–H and O–H groups in total. The van der Waals surface area contributed by atoms with Gasteiger partial charge in [-0.3, -0.25) is 37.3 Å². The normalized spacial score (nSPS) is 14.2. The molecule has 0 aliphatic carbocycles. The summed E-state index contributed by atoms with van der Waals surface area (Å²) in [7, 11) is -9.87. The number of aliphatic hydroxyl groups excluding tert-OH is 1. The zero-order valence-electron chi connectivity index (χ0n) is 52.5. The molecule has 82 heavy (non-hydrogen) atoms. The predicted molar refractivity (Wildman–Crippen MR) is 326 cm³/mol. The van der Waals surface area contributed by atoms with Crippen LogP contribution in [0.4, 0.5) is 0 Å². The fourth-order valence-corrected chi connectivity index (χ4v) is 11.0. The van der Waals surface area contributed by atoms with E-state index in [0.29, 0.717) is 25.7 Å². The van der Waals surface area contributed by atoms with Crippen LogP contribution in [0.1, 0.15) is 323 Å². The third-order valence-electron chi connectivity index (χ3n) is 14.6. The smallest absolute Gasteiger partial charge is 0.462 e. The summed E-state index contributed by atoms with van der Waals surface area (Å²) < 4.78 is 67.8. The fourth-order valence-electron chi connectivity index (χ4n) is 9.46. The molecule has 0 rings (SSSR count). The summed E-state index contributed by atoms with van der Waals surface area (Å²) in [5.74, 6) is -2.14. The van der Waals surface area contributed by atoms with Crippen molar-refractivity contribution in [3.8, 4) is 0 Å². The van der Waals surface area contributed by atoms with Gasteiger partial charge in [0.15, 0.2) is 12.2 Å². The Morgan fingerprint density at radius 3 is 0.720 bits per heavy atom. The van der Waals surface area contributed by atoms with E-state index < -0.39 is 97.5 Å². The molecule has 0 aliphatic rings. The SMILES string of the molecule is CCCCCCCCCCCCCCCCCCC(=O)O[C@H](COC(=O)CCCCCCCCCCCCCC)COP(=O)(O)OC[C@@H](O)COP(=O)(O)OC[C@@H](COC(=O)CCCCCCCCC)OC(=O)CCCCCCCCC. The molecule has 0 fully saturated rings. The quantitative estimate of drug-likeness (QED) is 0.0222. The second-order valence-corrected chi connectivity index (χ2v) is 25.7. The second-order valence-electron chi connectivity index (χ2n) is 22.8. The fraction of sp³-hybridized carbons (Fsp3) is 0.937. The van der Waals surface area contributed by atoms with Crippen LogP contribution >= 0.6 is 15.6 Å². The molecule has 19 heteroatoms. The first-order chi connectivity index (χ1) is 39.7. The zero-order chi connectivity index (χ0) is 60.5. The monoisotopic (exact) mass is 1210 g/mol. The zero-order valence-corrected chi connectivity index (χ0v) is 54.2. The first-order valence-electron chi connectivity index (χ1n) is 33.3. The average Bonchev–Trinajstić information content (AvgIpc) is 3.46. The van der Waals surface area contributed by atoms with E-state index in [1.54, 1.807) is 0 Å². The third kappa shape index (κ3) is 57.2. The standard InChI is InChI=1S/C63H122O17P2/c1-5-9-13-17-21-23-25-27-28-29-30-32-34-38-42-46-50-63(68)80-59(54-74-61(66)48-44-40-37-33-31-26-24-22-18-14-10-6-2)56-78-82(71,72)76-52-57(64)51-75-81(69,70)77-55-58(79-62(67)49-45-41-36-20-16-12-8-4)53-73-60(65)47-43-39-35-19-15-11-7-3/h57-59,64H,5-56H2,1-4H3,(H,69,70)(H,71,72)/t57-,58+,59+/m0/s1. The number of phosphoric ester groups is 2. The Labute approximate surface area is 498 Å². The van der Waals surface area contributed by atoms with Gasteiger partial charge < -0.3 is 33.8 Å². The van der Waals surface area contributed by atoms with E-state index in [-0.39, 0.29) is 25.7 Å².